The lowest BCUT2D eigenvalue weighted by Gasteiger charge is -2.25. The molecule has 0 spiro atoms. The summed E-state index contributed by atoms with van der Waals surface area (Å²) in [5.74, 6) is -1.25. The van der Waals surface area contributed by atoms with Crippen molar-refractivity contribution in [1.29, 1.82) is 0 Å². The Bertz CT molecular complexity index is 654. The maximum atomic E-state index is 12.6. The number of carbonyl (C=O) groups excluding carboxylic acids is 2. The fraction of sp³-hybridized carbons (Fsp3) is 0.200. The number of hydrogen-bond acceptors (Lipinski definition) is 5. The molecule has 0 saturated carbocycles. The molecule has 1 aromatic rings. The van der Waals surface area contributed by atoms with E-state index in [0.29, 0.717) is 18.8 Å². The number of nitrogens with zero attached hydrogens (tertiary/aromatic N) is 1. The Hall–Kier alpha value is -3.08. The molecule has 0 saturated heterocycles. The van der Waals surface area contributed by atoms with E-state index in [-0.39, 0.29) is 24.3 Å². The zero-order valence-corrected chi connectivity index (χ0v) is 14.3. The highest BCUT2D eigenvalue weighted by atomic mass is 16.5. The first kappa shape index (κ1) is 20.0. The molecule has 0 aliphatic heterocycles. The lowest BCUT2D eigenvalue weighted by Crippen LogP contribution is -2.27. The minimum absolute atomic E-state index is 0.0389. The Morgan fingerprint density at radius 1 is 0.880 bits per heavy atom. The van der Waals surface area contributed by atoms with Crippen molar-refractivity contribution in [3.05, 3.63) is 79.9 Å². The third-order valence-electron chi connectivity index (χ3n) is 3.17. The molecule has 0 atom stereocenters. The predicted octanol–water partition coefficient (Wildman–Crippen LogP) is 3.55. The number of esters is 2. The Morgan fingerprint density at radius 2 is 1.44 bits per heavy atom. The summed E-state index contributed by atoms with van der Waals surface area (Å²) >= 11 is 0. The van der Waals surface area contributed by atoms with Gasteiger partial charge in [-0.2, -0.15) is 0 Å². The number of hydrogen-bond donors (Lipinski definition) is 0. The topological polar surface area (TPSA) is 55.8 Å². The van der Waals surface area contributed by atoms with Crippen LogP contribution in [-0.2, 0) is 9.47 Å². The molecule has 25 heavy (non-hydrogen) atoms. The second kappa shape index (κ2) is 10.6. The minimum atomic E-state index is -0.626. The lowest BCUT2D eigenvalue weighted by atomic mass is 10.0. The number of benzene rings is 1. The van der Waals surface area contributed by atoms with Crippen LogP contribution in [0.5, 0.6) is 0 Å². The Morgan fingerprint density at radius 3 is 1.96 bits per heavy atom. The smallest absolute Gasteiger partial charge is 0.341 e. The molecule has 0 amide bonds. The first-order chi connectivity index (χ1) is 12.1. The fourth-order valence-corrected chi connectivity index (χ4v) is 2.19. The van der Waals surface area contributed by atoms with Crippen molar-refractivity contribution in [2.24, 2.45) is 0 Å². The summed E-state index contributed by atoms with van der Waals surface area (Å²) in [6.07, 6.45) is 6.32. The molecular weight excluding hydrogens is 318 g/mol. The van der Waals surface area contributed by atoms with Gasteiger partial charge in [0.2, 0.25) is 0 Å². The Kier molecular flexibility index (Phi) is 8.50. The third-order valence-corrected chi connectivity index (χ3v) is 3.17. The predicted molar refractivity (Wildman–Crippen MR) is 100 cm³/mol. The van der Waals surface area contributed by atoms with Crippen LogP contribution >= 0.6 is 0 Å². The van der Waals surface area contributed by atoms with Crippen LogP contribution in [0, 0.1) is 0 Å². The van der Waals surface area contributed by atoms with Gasteiger partial charge in [0.05, 0.1) is 16.8 Å². The van der Waals surface area contributed by atoms with Crippen molar-refractivity contribution in [3.8, 4) is 0 Å². The van der Waals surface area contributed by atoms with Crippen LogP contribution in [0.15, 0.2) is 68.8 Å². The highest BCUT2D eigenvalue weighted by molar-refractivity contribution is 6.07. The van der Waals surface area contributed by atoms with E-state index < -0.39 is 11.9 Å². The quantitative estimate of drug-likeness (QED) is 0.455. The molecule has 132 valence electrons. The normalized spacial score (nSPS) is 9.60. The SMILES string of the molecule is C=CCOC(=O)c1cccc(N(CC=C)CC=C)c1C(=O)OCC=C. The zero-order chi connectivity index (χ0) is 18.7. The largest absolute Gasteiger partial charge is 0.458 e. The van der Waals surface area contributed by atoms with Crippen molar-refractivity contribution in [2.45, 2.75) is 0 Å². The second-order valence-electron chi connectivity index (χ2n) is 4.96. The highest BCUT2D eigenvalue weighted by Gasteiger charge is 2.25. The van der Waals surface area contributed by atoms with Gasteiger partial charge in [0.25, 0.3) is 0 Å². The summed E-state index contributed by atoms with van der Waals surface area (Å²) in [5.41, 5.74) is 0.815. The van der Waals surface area contributed by atoms with Crippen LogP contribution in [0.3, 0.4) is 0 Å². The average molecular weight is 341 g/mol. The molecule has 0 bridgehead atoms. The van der Waals surface area contributed by atoms with Gasteiger partial charge in [-0.25, -0.2) is 9.59 Å². The maximum absolute atomic E-state index is 12.6. The molecule has 1 aromatic carbocycles. The first-order valence-electron chi connectivity index (χ1n) is 7.76. The first-order valence-corrected chi connectivity index (χ1v) is 7.76. The number of anilines is 1. The molecule has 0 aliphatic carbocycles. The minimum Gasteiger partial charge on any atom is -0.458 e. The summed E-state index contributed by atoms with van der Waals surface area (Å²) in [5, 5.41) is 0. The van der Waals surface area contributed by atoms with Crippen LogP contribution in [-0.4, -0.2) is 38.2 Å². The molecule has 5 heteroatoms. The molecule has 0 radical (unpaired) electrons. The molecule has 0 aliphatic rings. The summed E-state index contributed by atoms with van der Waals surface area (Å²) in [6, 6.07) is 4.95. The molecule has 0 heterocycles. The van der Waals surface area contributed by atoms with E-state index in [2.05, 4.69) is 26.3 Å². The molecule has 1 rings (SSSR count). The second-order valence-corrected chi connectivity index (χ2v) is 4.96. The van der Waals surface area contributed by atoms with E-state index >= 15 is 0 Å². The average Bonchev–Trinajstić information content (AvgIpc) is 2.63. The van der Waals surface area contributed by atoms with E-state index in [1.54, 1.807) is 24.3 Å². The fourth-order valence-electron chi connectivity index (χ4n) is 2.19. The van der Waals surface area contributed by atoms with E-state index in [1.165, 1.54) is 18.2 Å². The molecule has 5 nitrogen and oxygen atoms in total. The van der Waals surface area contributed by atoms with Crippen molar-refractivity contribution >= 4 is 17.6 Å². The van der Waals surface area contributed by atoms with Crippen molar-refractivity contribution in [1.82, 2.24) is 0 Å². The van der Waals surface area contributed by atoms with Crippen molar-refractivity contribution in [3.63, 3.8) is 0 Å². The summed E-state index contributed by atoms with van der Waals surface area (Å²) in [6.45, 7) is 15.5. The zero-order valence-electron chi connectivity index (χ0n) is 14.3. The van der Waals surface area contributed by atoms with Crippen molar-refractivity contribution < 1.29 is 19.1 Å². The molecular formula is C20H23NO4. The van der Waals surface area contributed by atoms with Crippen LogP contribution in [0.25, 0.3) is 0 Å². The van der Waals surface area contributed by atoms with Gasteiger partial charge in [-0.15, -0.1) is 13.2 Å². The lowest BCUT2D eigenvalue weighted by molar-refractivity contribution is 0.0503. The number of ether oxygens (including phenoxy) is 2. The Labute approximate surface area is 148 Å². The van der Waals surface area contributed by atoms with E-state index in [1.807, 2.05) is 4.90 Å². The van der Waals surface area contributed by atoms with E-state index in [4.69, 9.17) is 9.47 Å². The maximum Gasteiger partial charge on any atom is 0.341 e. The highest BCUT2D eigenvalue weighted by Crippen LogP contribution is 2.26. The Balaban J connectivity index is 3.42. The number of carbonyl (C=O) groups is 2. The third kappa shape index (κ3) is 5.49. The molecule has 0 N–H and O–H groups in total. The van der Waals surface area contributed by atoms with Crippen LogP contribution < -0.4 is 4.90 Å². The standard InChI is InChI=1S/C20H23NO4/c1-5-12-21(13-6-2)17-11-9-10-16(19(22)24-14-7-3)18(17)20(23)25-15-8-4/h5-11H,1-4,12-15H2. The van der Waals surface area contributed by atoms with Gasteiger partial charge in [-0.1, -0.05) is 43.5 Å². The monoisotopic (exact) mass is 341 g/mol. The van der Waals surface area contributed by atoms with E-state index in [9.17, 15) is 9.59 Å². The number of rotatable bonds is 11. The summed E-state index contributed by atoms with van der Waals surface area (Å²) in [7, 11) is 0. The summed E-state index contributed by atoms with van der Waals surface area (Å²) in [4.78, 5) is 26.8. The summed E-state index contributed by atoms with van der Waals surface area (Å²) < 4.78 is 10.2. The van der Waals surface area contributed by atoms with Gasteiger partial charge in [0, 0.05) is 13.1 Å². The molecule has 0 fully saturated rings. The van der Waals surface area contributed by atoms with E-state index in [0.717, 1.165) is 0 Å². The van der Waals surface area contributed by atoms with Gasteiger partial charge >= 0.3 is 11.9 Å². The van der Waals surface area contributed by atoms with Crippen LogP contribution in [0.2, 0.25) is 0 Å². The van der Waals surface area contributed by atoms with Gasteiger partial charge in [0.1, 0.15) is 13.2 Å². The van der Waals surface area contributed by atoms with Gasteiger partial charge < -0.3 is 14.4 Å². The molecule has 0 unspecified atom stereocenters. The van der Waals surface area contributed by atoms with Crippen molar-refractivity contribution in [2.75, 3.05) is 31.2 Å². The van der Waals surface area contributed by atoms with Gasteiger partial charge in [0.15, 0.2) is 0 Å². The van der Waals surface area contributed by atoms with Crippen LogP contribution in [0.4, 0.5) is 5.69 Å². The molecule has 0 aromatic heterocycles. The van der Waals surface area contributed by atoms with Crippen LogP contribution in [0.1, 0.15) is 20.7 Å². The van der Waals surface area contributed by atoms with Gasteiger partial charge in [-0.05, 0) is 12.1 Å². The van der Waals surface area contributed by atoms with Gasteiger partial charge in [-0.3, -0.25) is 0 Å².